The molecule has 1 aromatic carbocycles. The van der Waals surface area contributed by atoms with E-state index in [1.165, 1.54) is 12.8 Å². The van der Waals surface area contributed by atoms with Gasteiger partial charge in [-0.05, 0) is 30.2 Å². The van der Waals surface area contributed by atoms with E-state index in [0.29, 0.717) is 11.4 Å². The van der Waals surface area contributed by atoms with Gasteiger partial charge in [0.05, 0.1) is 0 Å². The van der Waals surface area contributed by atoms with Gasteiger partial charge in [0.25, 0.3) is 0 Å². The van der Waals surface area contributed by atoms with Gasteiger partial charge in [-0.1, -0.05) is 56.0 Å². The predicted octanol–water partition coefficient (Wildman–Crippen LogP) is 4.89. The van der Waals surface area contributed by atoms with Crippen LogP contribution in [0, 0.1) is 0 Å². The Labute approximate surface area is 108 Å². The van der Waals surface area contributed by atoms with E-state index >= 15 is 0 Å². The zero-order valence-corrected chi connectivity index (χ0v) is 11.0. The maximum atomic E-state index is 11.6. The van der Waals surface area contributed by atoms with Gasteiger partial charge in [-0.25, -0.2) is 0 Å². The number of ketones is 1. The summed E-state index contributed by atoms with van der Waals surface area (Å²) in [6.45, 7) is 2.17. The first-order chi connectivity index (χ1) is 8.24. The lowest BCUT2D eigenvalue weighted by Gasteiger charge is -1.97. The molecule has 0 aliphatic rings. The van der Waals surface area contributed by atoms with Gasteiger partial charge in [0.2, 0.25) is 0 Å². The number of hydrogen-bond donors (Lipinski definition) is 0. The molecule has 0 heterocycles. The Morgan fingerprint density at radius 3 is 2.71 bits per heavy atom. The van der Waals surface area contributed by atoms with E-state index in [0.717, 1.165) is 18.4 Å². The Bertz CT molecular complexity index is 382. The van der Waals surface area contributed by atoms with E-state index in [4.69, 9.17) is 11.6 Å². The van der Waals surface area contributed by atoms with Crippen molar-refractivity contribution in [3.8, 4) is 0 Å². The van der Waals surface area contributed by atoms with Crippen molar-refractivity contribution < 1.29 is 4.79 Å². The molecule has 92 valence electrons. The Balaban J connectivity index is 2.38. The van der Waals surface area contributed by atoms with Gasteiger partial charge in [-0.15, -0.1) is 0 Å². The van der Waals surface area contributed by atoms with Crippen LogP contribution < -0.4 is 0 Å². The molecule has 17 heavy (non-hydrogen) atoms. The summed E-state index contributed by atoms with van der Waals surface area (Å²) in [5.74, 6) is 0.182. The van der Waals surface area contributed by atoms with E-state index in [2.05, 4.69) is 6.92 Å². The van der Waals surface area contributed by atoms with Crippen LogP contribution in [0.2, 0.25) is 5.02 Å². The second-order valence-electron chi connectivity index (χ2n) is 4.13. The molecule has 0 aliphatic carbocycles. The summed E-state index contributed by atoms with van der Waals surface area (Å²) >= 11 is 5.99. The molecule has 0 saturated heterocycles. The average molecular weight is 251 g/mol. The van der Waals surface area contributed by atoms with E-state index in [1.54, 1.807) is 12.2 Å². The van der Waals surface area contributed by atoms with Crippen LogP contribution >= 0.6 is 11.6 Å². The molecule has 1 aromatic rings. The maximum absolute atomic E-state index is 11.6. The normalized spacial score (nSPS) is 10.9. The van der Waals surface area contributed by atoms with E-state index < -0.39 is 0 Å². The van der Waals surface area contributed by atoms with Gasteiger partial charge >= 0.3 is 0 Å². The quantitative estimate of drug-likeness (QED) is 0.497. The Hall–Kier alpha value is -1.08. The van der Waals surface area contributed by atoms with Gasteiger partial charge in [0.15, 0.2) is 5.78 Å². The standard InChI is InChI=1S/C15H19ClO/c1-2-3-4-5-9-14(17)12-11-13-8-6-7-10-15(13)16/h6-8,10-12H,2-5,9H2,1H3/b12-11-. The summed E-state index contributed by atoms with van der Waals surface area (Å²) in [7, 11) is 0. The molecule has 1 rings (SSSR count). The third-order valence-corrected chi connectivity index (χ3v) is 2.97. The molecule has 0 atom stereocenters. The predicted molar refractivity (Wildman–Crippen MR) is 74.3 cm³/mol. The minimum atomic E-state index is 0.182. The molecular weight excluding hydrogens is 232 g/mol. The van der Waals surface area contributed by atoms with E-state index in [-0.39, 0.29) is 5.78 Å². The van der Waals surface area contributed by atoms with Crippen molar-refractivity contribution in [1.82, 2.24) is 0 Å². The molecule has 0 aromatic heterocycles. The van der Waals surface area contributed by atoms with Crippen molar-refractivity contribution >= 4 is 23.5 Å². The third-order valence-electron chi connectivity index (χ3n) is 2.63. The van der Waals surface area contributed by atoms with Crippen LogP contribution in [0.25, 0.3) is 6.08 Å². The highest BCUT2D eigenvalue weighted by molar-refractivity contribution is 6.32. The van der Waals surface area contributed by atoms with Gasteiger partial charge in [-0.2, -0.15) is 0 Å². The van der Waals surface area contributed by atoms with Crippen molar-refractivity contribution in [1.29, 1.82) is 0 Å². The van der Waals surface area contributed by atoms with Crippen molar-refractivity contribution in [2.24, 2.45) is 0 Å². The Morgan fingerprint density at radius 1 is 1.24 bits per heavy atom. The number of allylic oxidation sites excluding steroid dienone is 1. The van der Waals surface area contributed by atoms with Gasteiger partial charge in [0, 0.05) is 11.4 Å². The fourth-order valence-electron chi connectivity index (χ4n) is 1.60. The molecule has 2 heteroatoms. The third kappa shape index (κ3) is 5.69. The molecular formula is C15H19ClO. The van der Waals surface area contributed by atoms with Crippen LogP contribution in [-0.4, -0.2) is 5.78 Å². The first kappa shape index (κ1) is 14.0. The summed E-state index contributed by atoms with van der Waals surface area (Å²) in [6.07, 6.45) is 8.60. The first-order valence-corrected chi connectivity index (χ1v) is 6.57. The highest BCUT2D eigenvalue weighted by atomic mass is 35.5. The zero-order valence-electron chi connectivity index (χ0n) is 10.3. The molecule has 0 spiro atoms. The lowest BCUT2D eigenvalue weighted by Crippen LogP contribution is -1.92. The minimum absolute atomic E-state index is 0.182. The van der Waals surface area contributed by atoms with Gasteiger partial charge < -0.3 is 0 Å². The van der Waals surface area contributed by atoms with E-state index in [1.807, 2.05) is 24.3 Å². The lowest BCUT2D eigenvalue weighted by atomic mass is 10.1. The number of unbranched alkanes of at least 4 members (excludes halogenated alkanes) is 3. The maximum Gasteiger partial charge on any atom is 0.155 e. The molecule has 0 saturated carbocycles. The SMILES string of the molecule is CCCCCCC(=O)/C=C\c1ccccc1Cl. The first-order valence-electron chi connectivity index (χ1n) is 6.19. The molecule has 0 aliphatic heterocycles. The molecule has 0 N–H and O–H groups in total. The zero-order chi connectivity index (χ0) is 12.5. The molecule has 0 radical (unpaired) electrons. The topological polar surface area (TPSA) is 17.1 Å². The van der Waals surface area contributed by atoms with Crippen molar-refractivity contribution in [3.05, 3.63) is 40.9 Å². The molecule has 0 unspecified atom stereocenters. The smallest absolute Gasteiger partial charge is 0.155 e. The fourth-order valence-corrected chi connectivity index (χ4v) is 1.80. The summed E-state index contributed by atoms with van der Waals surface area (Å²) in [6, 6.07) is 7.53. The molecule has 1 nitrogen and oxygen atoms in total. The van der Waals surface area contributed by atoms with E-state index in [9.17, 15) is 4.79 Å². The van der Waals surface area contributed by atoms with Crippen LogP contribution in [0.15, 0.2) is 30.3 Å². The van der Waals surface area contributed by atoms with Crippen molar-refractivity contribution in [2.75, 3.05) is 0 Å². The van der Waals surface area contributed by atoms with Crippen LogP contribution in [0.3, 0.4) is 0 Å². The highest BCUT2D eigenvalue weighted by Crippen LogP contribution is 2.16. The number of carbonyl (C=O) groups excluding carboxylic acids is 1. The average Bonchev–Trinajstić information content (AvgIpc) is 2.34. The van der Waals surface area contributed by atoms with Crippen molar-refractivity contribution in [3.63, 3.8) is 0 Å². The summed E-state index contributed by atoms with van der Waals surface area (Å²) in [5.41, 5.74) is 0.899. The number of carbonyl (C=O) groups is 1. The fraction of sp³-hybridized carbons (Fsp3) is 0.400. The Morgan fingerprint density at radius 2 is 2.00 bits per heavy atom. The number of benzene rings is 1. The summed E-state index contributed by atoms with van der Waals surface area (Å²) in [4.78, 5) is 11.6. The second-order valence-corrected chi connectivity index (χ2v) is 4.54. The number of hydrogen-bond acceptors (Lipinski definition) is 1. The lowest BCUT2D eigenvalue weighted by molar-refractivity contribution is -0.114. The van der Waals surface area contributed by atoms with Crippen LogP contribution in [-0.2, 0) is 4.79 Å². The molecule has 0 bridgehead atoms. The van der Waals surface area contributed by atoms with Crippen LogP contribution in [0.5, 0.6) is 0 Å². The summed E-state index contributed by atoms with van der Waals surface area (Å²) < 4.78 is 0. The Kier molecular flexibility index (Phi) is 6.64. The molecule has 0 fully saturated rings. The van der Waals surface area contributed by atoms with Crippen molar-refractivity contribution in [2.45, 2.75) is 39.0 Å². The summed E-state index contributed by atoms with van der Waals surface area (Å²) in [5, 5.41) is 0.683. The second kappa shape index (κ2) is 8.08. The van der Waals surface area contributed by atoms with Crippen LogP contribution in [0.4, 0.5) is 0 Å². The van der Waals surface area contributed by atoms with Gasteiger partial charge in [-0.3, -0.25) is 4.79 Å². The minimum Gasteiger partial charge on any atom is -0.295 e. The number of rotatable bonds is 7. The highest BCUT2D eigenvalue weighted by Gasteiger charge is 1.98. The number of halogens is 1. The molecule has 0 amide bonds. The monoisotopic (exact) mass is 250 g/mol. The largest absolute Gasteiger partial charge is 0.295 e. The van der Waals surface area contributed by atoms with Gasteiger partial charge in [0.1, 0.15) is 0 Å². The van der Waals surface area contributed by atoms with Crippen LogP contribution in [0.1, 0.15) is 44.6 Å².